The lowest BCUT2D eigenvalue weighted by Gasteiger charge is -2.44. The van der Waals surface area contributed by atoms with Crippen LogP contribution in [0.1, 0.15) is 30.4 Å². The Balaban J connectivity index is 1.40. The molecule has 2 aliphatic heterocycles. The SMILES string of the molecule is CN(C)C(=O)C(CCN1CCC2(CC1)C(=O)N(CC(=O)O)CN2c1ccccc1)(c1ccccc1)c1ccccc1. The first-order valence-corrected chi connectivity index (χ1v) is 14.2. The predicted octanol–water partition coefficient (Wildman–Crippen LogP) is 3.68. The second-order valence-corrected chi connectivity index (χ2v) is 11.3. The molecule has 214 valence electrons. The second-order valence-electron chi connectivity index (χ2n) is 11.3. The molecule has 0 radical (unpaired) electrons. The number of likely N-dealkylation sites (tertiary alicyclic amines) is 1. The molecule has 2 aliphatic rings. The third-order valence-electron chi connectivity index (χ3n) is 8.70. The molecule has 2 fully saturated rings. The maximum Gasteiger partial charge on any atom is 0.323 e. The van der Waals surface area contributed by atoms with Crippen LogP contribution in [0.25, 0.3) is 0 Å². The number of carbonyl (C=O) groups is 3. The fourth-order valence-corrected chi connectivity index (χ4v) is 6.59. The molecular formula is C33H38N4O4. The largest absolute Gasteiger partial charge is 0.480 e. The van der Waals surface area contributed by atoms with Crippen molar-refractivity contribution in [2.45, 2.75) is 30.2 Å². The van der Waals surface area contributed by atoms with E-state index in [9.17, 15) is 19.5 Å². The molecule has 41 heavy (non-hydrogen) atoms. The lowest BCUT2D eigenvalue weighted by molar-refractivity contribution is -0.144. The minimum atomic E-state index is -1.01. The summed E-state index contributed by atoms with van der Waals surface area (Å²) in [7, 11) is 3.61. The van der Waals surface area contributed by atoms with Gasteiger partial charge in [0.25, 0.3) is 5.91 Å². The van der Waals surface area contributed by atoms with Gasteiger partial charge < -0.3 is 24.7 Å². The van der Waals surface area contributed by atoms with Gasteiger partial charge in [0.15, 0.2) is 0 Å². The average molecular weight is 555 g/mol. The van der Waals surface area contributed by atoms with E-state index < -0.39 is 16.9 Å². The molecule has 3 aromatic rings. The van der Waals surface area contributed by atoms with Crippen molar-refractivity contribution in [2.75, 3.05) is 51.8 Å². The van der Waals surface area contributed by atoms with Crippen molar-refractivity contribution >= 4 is 23.5 Å². The highest BCUT2D eigenvalue weighted by Gasteiger charge is 2.54. The molecular weight excluding hydrogens is 516 g/mol. The summed E-state index contributed by atoms with van der Waals surface area (Å²) in [5.41, 5.74) is 1.22. The van der Waals surface area contributed by atoms with Crippen molar-refractivity contribution in [3.63, 3.8) is 0 Å². The van der Waals surface area contributed by atoms with Crippen LogP contribution in [0.2, 0.25) is 0 Å². The van der Waals surface area contributed by atoms with E-state index in [4.69, 9.17) is 0 Å². The number of aliphatic carboxylic acids is 1. The van der Waals surface area contributed by atoms with E-state index in [0.717, 1.165) is 16.8 Å². The molecule has 8 nitrogen and oxygen atoms in total. The van der Waals surface area contributed by atoms with Gasteiger partial charge in [0.1, 0.15) is 17.5 Å². The van der Waals surface area contributed by atoms with Crippen LogP contribution in [-0.4, -0.2) is 90.1 Å². The quantitative estimate of drug-likeness (QED) is 0.435. The number of rotatable bonds is 9. The van der Waals surface area contributed by atoms with Gasteiger partial charge in [0, 0.05) is 32.9 Å². The zero-order valence-corrected chi connectivity index (χ0v) is 23.8. The molecule has 2 amide bonds. The highest BCUT2D eigenvalue weighted by molar-refractivity contribution is 5.95. The molecule has 0 saturated carbocycles. The van der Waals surface area contributed by atoms with Crippen LogP contribution in [0.3, 0.4) is 0 Å². The Morgan fingerprint density at radius 2 is 1.37 bits per heavy atom. The fraction of sp³-hybridized carbons (Fsp3) is 0.364. The van der Waals surface area contributed by atoms with Gasteiger partial charge in [-0.05, 0) is 49.1 Å². The monoisotopic (exact) mass is 554 g/mol. The number of piperidine rings is 1. The van der Waals surface area contributed by atoms with Gasteiger partial charge >= 0.3 is 5.97 Å². The van der Waals surface area contributed by atoms with Gasteiger partial charge in [0.05, 0.1) is 6.67 Å². The number of carbonyl (C=O) groups excluding carboxylic acids is 2. The van der Waals surface area contributed by atoms with E-state index in [-0.39, 0.29) is 25.0 Å². The maximum absolute atomic E-state index is 14.0. The highest BCUT2D eigenvalue weighted by Crippen LogP contribution is 2.41. The van der Waals surface area contributed by atoms with Crippen molar-refractivity contribution in [1.82, 2.24) is 14.7 Å². The smallest absolute Gasteiger partial charge is 0.323 e. The Hall–Kier alpha value is -4.17. The summed E-state index contributed by atoms with van der Waals surface area (Å²) in [5, 5.41) is 9.44. The molecule has 8 heteroatoms. The summed E-state index contributed by atoms with van der Waals surface area (Å²) < 4.78 is 0. The first-order chi connectivity index (χ1) is 19.8. The molecule has 0 aliphatic carbocycles. The van der Waals surface area contributed by atoms with Gasteiger partial charge in [-0.25, -0.2) is 0 Å². The Morgan fingerprint density at radius 3 is 1.85 bits per heavy atom. The molecule has 0 unspecified atom stereocenters. The lowest BCUT2D eigenvalue weighted by Crippen LogP contribution is -2.57. The number of benzene rings is 3. The summed E-state index contributed by atoms with van der Waals surface area (Å²) in [6.45, 7) is 1.98. The van der Waals surface area contributed by atoms with E-state index in [1.165, 1.54) is 4.90 Å². The molecule has 2 saturated heterocycles. The number of anilines is 1. The number of hydrogen-bond donors (Lipinski definition) is 1. The van der Waals surface area contributed by atoms with Gasteiger partial charge in [-0.2, -0.15) is 0 Å². The van der Waals surface area contributed by atoms with Crippen LogP contribution < -0.4 is 4.90 Å². The molecule has 3 aromatic carbocycles. The van der Waals surface area contributed by atoms with Crippen LogP contribution in [0.5, 0.6) is 0 Å². The van der Waals surface area contributed by atoms with E-state index >= 15 is 0 Å². The number of carboxylic acids is 1. The van der Waals surface area contributed by atoms with Crippen molar-refractivity contribution in [1.29, 1.82) is 0 Å². The van der Waals surface area contributed by atoms with Crippen molar-refractivity contribution in [3.05, 3.63) is 102 Å². The van der Waals surface area contributed by atoms with Crippen LogP contribution in [0, 0.1) is 0 Å². The Morgan fingerprint density at radius 1 is 0.854 bits per heavy atom. The predicted molar refractivity (Wildman–Crippen MR) is 159 cm³/mol. The fourth-order valence-electron chi connectivity index (χ4n) is 6.59. The Kier molecular flexibility index (Phi) is 8.13. The lowest BCUT2D eigenvalue weighted by atomic mass is 9.70. The Bertz CT molecular complexity index is 1320. The molecule has 2 heterocycles. The summed E-state index contributed by atoms with van der Waals surface area (Å²) in [6, 6.07) is 29.8. The van der Waals surface area contributed by atoms with Crippen molar-refractivity contribution < 1.29 is 19.5 Å². The van der Waals surface area contributed by atoms with Crippen LogP contribution >= 0.6 is 0 Å². The molecule has 1 N–H and O–H groups in total. The van der Waals surface area contributed by atoms with Gasteiger partial charge in [-0.15, -0.1) is 0 Å². The highest BCUT2D eigenvalue weighted by atomic mass is 16.4. The molecule has 5 rings (SSSR count). The number of hydrogen-bond acceptors (Lipinski definition) is 5. The van der Waals surface area contributed by atoms with Gasteiger partial charge in [-0.3, -0.25) is 14.4 Å². The summed E-state index contributed by atoms with van der Waals surface area (Å²) in [5.74, 6) is -1.09. The first-order valence-electron chi connectivity index (χ1n) is 14.2. The van der Waals surface area contributed by atoms with Crippen LogP contribution in [0.4, 0.5) is 5.69 Å². The van der Waals surface area contributed by atoms with Crippen molar-refractivity contribution in [3.8, 4) is 0 Å². The molecule has 0 bridgehead atoms. The van der Waals surface area contributed by atoms with Crippen LogP contribution in [0.15, 0.2) is 91.0 Å². The van der Waals surface area contributed by atoms with E-state index in [1.54, 1.807) is 19.0 Å². The number of carboxylic acid groups (broad SMARTS) is 1. The van der Waals surface area contributed by atoms with E-state index in [2.05, 4.69) is 9.80 Å². The maximum atomic E-state index is 14.0. The number of likely N-dealkylation sites (N-methyl/N-ethyl adjacent to an activating group) is 1. The summed E-state index contributed by atoms with van der Waals surface area (Å²) in [4.78, 5) is 46.8. The van der Waals surface area contributed by atoms with Gasteiger partial charge in [-0.1, -0.05) is 78.9 Å². The number of amides is 2. The standard InChI is InChI=1S/C33H38N4O4/c1-34(2)31(41)33(26-12-6-3-7-13-26,27-14-8-4-9-15-27)20-23-35-21-18-32(19-22-35)30(40)36(24-29(38)39)25-37(32)28-16-10-5-11-17-28/h3-17H,18-25H2,1-2H3,(H,38,39). The average Bonchev–Trinajstić information content (AvgIpc) is 3.25. The third kappa shape index (κ3) is 5.32. The second kappa shape index (κ2) is 11.7. The topological polar surface area (TPSA) is 84.4 Å². The summed E-state index contributed by atoms with van der Waals surface area (Å²) >= 11 is 0. The number of para-hydroxylation sites is 1. The van der Waals surface area contributed by atoms with Crippen LogP contribution in [-0.2, 0) is 19.8 Å². The van der Waals surface area contributed by atoms with Gasteiger partial charge in [0.2, 0.25) is 5.91 Å². The van der Waals surface area contributed by atoms with Crippen molar-refractivity contribution in [2.24, 2.45) is 0 Å². The molecule has 0 atom stereocenters. The minimum absolute atomic E-state index is 0.0360. The minimum Gasteiger partial charge on any atom is -0.480 e. The molecule has 0 aromatic heterocycles. The third-order valence-corrected chi connectivity index (χ3v) is 8.70. The molecule has 1 spiro atoms. The van der Waals surface area contributed by atoms with E-state index in [1.807, 2.05) is 91.0 Å². The zero-order valence-electron chi connectivity index (χ0n) is 23.8. The zero-order chi connectivity index (χ0) is 29.0. The first kappa shape index (κ1) is 28.4. The normalized spacial score (nSPS) is 17.2. The Labute approximate surface area is 241 Å². The summed E-state index contributed by atoms with van der Waals surface area (Å²) in [6.07, 6.45) is 1.76. The van der Waals surface area contributed by atoms with E-state index in [0.29, 0.717) is 38.9 Å². The number of nitrogens with zero attached hydrogens (tertiary/aromatic N) is 4.